The van der Waals surface area contributed by atoms with E-state index in [4.69, 9.17) is 0 Å². The van der Waals surface area contributed by atoms with E-state index in [1.165, 1.54) is 6.07 Å². The minimum absolute atomic E-state index is 0.0811. The summed E-state index contributed by atoms with van der Waals surface area (Å²) in [5.74, 6) is -0.354. The molecule has 2 N–H and O–H groups in total. The smallest absolute Gasteiger partial charge is 0.285 e. The highest BCUT2D eigenvalue weighted by Crippen LogP contribution is 2.23. The van der Waals surface area contributed by atoms with Gasteiger partial charge in [-0.25, -0.2) is 0 Å². The van der Waals surface area contributed by atoms with Gasteiger partial charge in [0, 0.05) is 11.6 Å². The number of nitro benzene ring substituents is 1. The fraction of sp³-hybridized carbons (Fsp3) is 0.500. The maximum absolute atomic E-state index is 12.3. The number of hydrogen-bond acceptors (Lipinski definition) is 4. The van der Waals surface area contributed by atoms with Crippen LogP contribution in [-0.2, 0) is 0 Å². The lowest BCUT2D eigenvalue weighted by Crippen LogP contribution is -2.35. The second-order valence-electron chi connectivity index (χ2n) is 5.08. The summed E-state index contributed by atoms with van der Waals surface area (Å²) in [5, 5.41) is 17.3. The van der Waals surface area contributed by atoms with Crippen molar-refractivity contribution >= 4 is 11.6 Å². The van der Waals surface area contributed by atoms with Crippen LogP contribution in [0.25, 0.3) is 0 Å². The summed E-state index contributed by atoms with van der Waals surface area (Å²) in [6.45, 7) is 3.46. The quantitative estimate of drug-likeness (QED) is 0.651. The number of nitro groups is 1. The summed E-state index contributed by atoms with van der Waals surface area (Å²) in [6, 6.07) is 4.91. The molecule has 1 atom stereocenters. The Balaban J connectivity index is 2.16. The van der Waals surface area contributed by atoms with Crippen LogP contribution in [0.2, 0.25) is 0 Å². The zero-order valence-electron chi connectivity index (χ0n) is 11.5. The van der Waals surface area contributed by atoms with Crippen LogP contribution >= 0.6 is 0 Å². The maximum Gasteiger partial charge on any atom is 0.285 e. The van der Waals surface area contributed by atoms with E-state index < -0.39 is 4.92 Å². The molecule has 0 saturated carbocycles. The molecule has 1 aliphatic rings. The van der Waals surface area contributed by atoms with Gasteiger partial charge in [0.05, 0.1) is 4.92 Å². The summed E-state index contributed by atoms with van der Waals surface area (Å²) in [5.41, 5.74) is 0.550. The monoisotopic (exact) mass is 277 g/mol. The zero-order valence-corrected chi connectivity index (χ0v) is 11.5. The highest BCUT2D eigenvalue weighted by molar-refractivity contribution is 5.98. The predicted molar refractivity (Wildman–Crippen MR) is 75.8 cm³/mol. The molecule has 1 saturated heterocycles. The fourth-order valence-corrected chi connectivity index (χ4v) is 2.51. The van der Waals surface area contributed by atoms with Gasteiger partial charge in [-0.2, -0.15) is 0 Å². The molecule has 0 bridgehead atoms. The van der Waals surface area contributed by atoms with Gasteiger partial charge < -0.3 is 10.6 Å². The molecule has 1 heterocycles. The topological polar surface area (TPSA) is 84.3 Å². The normalized spacial score (nSPS) is 19.1. The first-order valence-corrected chi connectivity index (χ1v) is 6.85. The van der Waals surface area contributed by atoms with Gasteiger partial charge in [-0.3, -0.25) is 14.9 Å². The SMILES string of the molecule is Cc1cccc(C(=O)NC2CCCNCC2)c1[N+](=O)[O-]. The molecule has 2 rings (SSSR count). The van der Waals surface area contributed by atoms with E-state index in [0.717, 1.165) is 32.4 Å². The average Bonchev–Trinajstić information content (AvgIpc) is 2.66. The molecule has 6 nitrogen and oxygen atoms in total. The van der Waals surface area contributed by atoms with Gasteiger partial charge in [0.15, 0.2) is 0 Å². The highest BCUT2D eigenvalue weighted by Gasteiger charge is 2.24. The summed E-state index contributed by atoms with van der Waals surface area (Å²) >= 11 is 0. The van der Waals surface area contributed by atoms with Gasteiger partial charge >= 0.3 is 0 Å². The number of nitrogens with one attached hydrogen (secondary N) is 2. The number of aryl methyl sites for hydroxylation is 1. The van der Waals surface area contributed by atoms with Crippen LogP contribution < -0.4 is 10.6 Å². The molecule has 20 heavy (non-hydrogen) atoms. The van der Waals surface area contributed by atoms with Crippen molar-refractivity contribution in [2.45, 2.75) is 32.2 Å². The Morgan fingerprint density at radius 3 is 2.95 bits per heavy atom. The third kappa shape index (κ3) is 3.33. The third-order valence-corrected chi connectivity index (χ3v) is 3.58. The Labute approximate surface area is 117 Å². The van der Waals surface area contributed by atoms with Crippen molar-refractivity contribution in [2.24, 2.45) is 0 Å². The molecular formula is C14H19N3O3. The Kier molecular flexibility index (Phi) is 4.68. The van der Waals surface area contributed by atoms with Crippen molar-refractivity contribution in [1.82, 2.24) is 10.6 Å². The number of benzene rings is 1. The van der Waals surface area contributed by atoms with Gasteiger partial charge in [0.1, 0.15) is 5.56 Å². The van der Waals surface area contributed by atoms with Gasteiger partial charge in [-0.1, -0.05) is 12.1 Å². The first-order chi connectivity index (χ1) is 9.59. The Morgan fingerprint density at radius 1 is 1.40 bits per heavy atom. The number of hydrogen-bond donors (Lipinski definition) is 2. The minimum Gasteiger partial charge on any atom is -0.349 e. The summed E-state index contributed by atoms with van der Waals surface area (Å²) in [4.78, 5) is 22.9. The molecule has 0 spiro atoms. The van der Waals surface area contributed by atoms with Crippen LogP contribution in [0.1, 0.15) is 35.2 Å². The molecular weight excluding hydrogens is 258 g/mol. The number of para-hydroxylation sites is 1. The number of amides is 1. The van der Waals surface area contributed by atoms with E-state index in [1.807, 2.05) is 0 Å². The van der Waals surface area contributed by atoms with Gasteiger partial charge in [0.2, 0.25) is 0 Å². The Hall–Kier alpha value is -1.95. The van der Waals surface area contributed by atoms with Crippen molar-refractivity contribution in [2.75, 3.05) is 13.1 Å². The number of rotatable bonds is 3. The molecule has 1 amide bonds. The molecule has 1 fully saturated rings. The van der Waals surface area contributed by atoms with Crippen molar-refractivity contribution in [3.8, 4) is 0 Å². The standard InChI is InChI=1S/C14H19N3O3/c1-10-4-2-6-12(13(10)17(19)20)14(18)16-11-5-3-8-15-9-7-11/h2,4,6,11,15H,3,5,7-9H2,1H3,(H,16,18). The summed E-state index contributed by atoms with van der Waals surface area (Å²) in [6.07, 6.45) is 2.75. The molecule has 0 aliphatic carbocycles. The van der Waals surface area contributed by atoms with Crippen molar-refractivity contribution in [1.29, 1.82) is 0 Å². The Morgan fingerprint density at radius 2 is 2.20 bits per heavy atom. The van der Waals surface area contributed by atoms with E-state index in [0.29, 0.717) is 5.56 Å². The predicted octanol–water partition coefficient (Wildman–Crippen LogP) is 1.78. The van der Waals surface area contributed by atoms with Crippen LogP contribution in [0.15, 0.2) is 18.2 Å². The number of nitrogens with zero attached hydrogens (tertiary/aromatic N) is 1. The van der Waals surface area contributed by atoms with Crippen LogP contribution in [0.4, 0.5) is 5.69 Å². The molecule has 1 aromatic carbocycles. The molecule has 0 aromatic heterocycles. The Bertz CT molecular complexity index is 508. The first-order valence-electron chi connectivity index (χ1n) is 6.85. The summed E-state index contributed by atoms with van der Waals surface area (Å²) < 4.78 is 0. The average molecular weight is 277 g/mol. The van der Waals surface area contributed by atoms with E-state index in [9.17, 15) is 14.9 Å². The highest BCUT2D eigenvalue weighted by atomic mass is 16.6. The second-order valence-corrected chi connectivity index (χ2v) is 5.08. The van der Waals surface area contributed by atoms with Crippen molar-refractivity contribution in [3.63, 3.8) is 0 Å². The zero-order chi connectivity index (χ0) is 14.5. The largest absolute Gasteiger partial charge is 0.349 e. The lowest BCUT2D eigenvalue weighted by molar-refractivity contribution is -0.385. The van der Waals surface area contributed by atoms with Gasteiger partial charge in [0.25, 0.3) is 11.6 Å². The van der Waals surface area contributed by atoms with E-state index in [1.54, 1.807) is 19.1 Å². The van der Waals surface area contributed by atoms with E-state index >= 15 is 0 Å². The molecule has 1 aromatic rings. The van der Waals surface area contributed by atoms with Crippen molar-refractivity contribution in [3.05, 3.63) is 39.4 Å². The van der Waals surface area contributed by atoms with E-state index in [-0.39, 0.29) is 23.2 Å². The lowest BCUT2D eigenvalue weighted by atomic mass is 10.1. The minimum atomic E-state index is -0.487. The maximum atomic E-state index is 12.3. The molecule has 6 heteroatoms. The molecule has 1 unspecified atom stereocenters. The van der Waals surface area contributed by atoms with Crippen LogP contribution in [-0.4, -0.2) is 30.0 Å². The van der Waals surface area contributed by atoms with Gasteiger partial charge in [-0.05, 0) is 45.3 Å². The van der Waals surface area contributed by atoms with Crippen LogP contribution in [0.3, 0.4) is 0 Å². The number of carbonyl (C=O) groups is 1. The summed E-state index contributed by atoms with van der Waals surface area (Å²) in [7, 11) is 0. The van der Waals surface area contributed by atoms with Crippen molar-refractivity contribution < 1.29 is 9.72 Å². The third-order valence-electron chi connectivity index (χ3n) is 3.58. The van der Waals surface area contributed by atoms with Crippen LogP contribution in [0, 0.1) is 17.0 Å². The fourth-order valence-electron chi connectivity index (χ4n) is 2.51. The molecule has 1 aliphatic heterocycles. The number of carbonyl (C=O) groups excluding carboxylic acids is 1. The van der Waals surface area contributed by atoms with Gasteiger partial charge in [-0.15, -0.1) is 0 Å². The van der Waals surface area contributed by atoms with E-state index in [2.05, 4.69) is 10.6 Å². The van der Waals surface area contributed by atoms with Crippen LogP contribution in [0.5, 0.6) is 0 Å². The molecule has 0 radical (unpaired) electrons. The molecule has 108 valence electrons. The lowest BCUT2D eigenvalue weighted by Gasteiger charge is -2.16. The first kappa shape index (κ1) is 14.5. The second kappa shape index (κ2) is 6.47.